The van der Waals surface area contributed by atoms with Crippen LogP contribution in [0.4, 0.5) is 0 Å². The van der Waals surface area contributed by atoms with Gasteiger partial charge in [-0.15, -0.1) is 5.10 Å². The van der Waals surface area contributed by atoms with Crippen LogP contribution in [0.15, 0.2) is 24.4 Å². The molecule has 0 fully saturated rings. The highest BCUT2D eigenvalue weighted by Crippen LogP contribution is 2.18. The first-order valence-electron chi connectivity index (χ1n) is 5.74. The van der Waals surface area contributed by atoms with Crippen molar-refractivity contribution in [3.8, 4) is 5.75 Å². The first-order valence-corrected chi connectivity index (χ1v) is 5.74. The van der Waals surface area contributed by atoms with Crippen LogP contribution < -0.4 is 4.74 Å². The standard InChI is InChI=1S/C13H15N3O2/c1-10-3-4-11(2)13(7-10)18-6-5-16-8-12(9-17)14-15-16/h3-4,7-9H,5-6H2,1-2H3. The lowest BCUT2D eigenvalue weighted by Gasteiger charge is -2.09. The Morgan fingerprint density at radius 3 is 2.94 bits per heavy atom. The van der Waals surface area contributed by atoms with Crippen LogP contribution in [0.3, 0.4) is 0 Å². The predicted molar refractivity (Wildman–Crippen MR) is 66.8 cm³/mol. The van der Waals surface area contributed by atoms with E-state index in [9.17, 15) is 4.79 Å². The molecule has 0 aliphatic carbocycles. The second-order valence-corrected chi connectivity index (χ2v) is 4.14. The number of ether oxygens (including phenoxy) is 1. The fraction of sp³-hybridized carbons (Fsp3) is 0.308. The van der Waals surface area contributed by atoms with Crippen LogP contribution in [-0.4, -0.2) is 27.9 Å². The zero-order valence-electron chi connectivity index (χ0n) is 10.5. The fourth-order valence-corrected chi connectivity index (χ4v) is 1.59. The Kier molecular flexibility index (Phi) is 3.72. The lowest BCUT2D eigenvalue weighted by atomic mass is 10.1. The predicted octanol–water partition coefficient (Wildman–Crippen LogP) is 1.79. The van der Waals surface area contributed by atoms with Crippen LogP contribution in [-0.2, 0) is 6.54 Å². The summed E-state index contributed by atoms with van der Waals surface area (Å²) in [5.41, 5.74) is 2.61. The van der Waals surface area contributed by atoms with Gasteiger partial charge >= 0.3 is 0 Å². The van der Waals surface area contributed by atoms with Crippen molar-refractivity contribution in [3.05, 3.63) is 41.2 Å². The van der Waals surface area contributed by atoms with E-state index >= 15 is 0 Å². The molecule has 0 N–H and O–H groups in total. The topological polar surface area (TPSA) is 57.0 Å². The summed E-state index contributed by atoms with van der Waals surface area (Å²) in [6.45, 7) is 5.09. The third-order valence-electron chi connectivity index (χ3n) is 2.60. The third kappa shape index (κ3) is 2.94. The molecule has 18 heavy (non-hydrogen) atoms. The van der Waals surface area contributed by atoms with Gasteiger partial charge in [0.25, 0.3) is 0 Å². The average molecular weight is 245 g/mol. The molecule has 0 saturated heterocycles. The Labute approximate surface area is 105 Å². The van der Waals surface area contributed by atoms with E-state index in [0.717, 1.165) is 11.3 Å². The van der Waals surface area contributed by atoms with Crippen molar-refractivity contribution in [1.29, 1.82) is 0 Å². The number of nitrogens with zero attached hydrogens (tertiary/aromatic N) is 3. The van der Waals surface area contributed by atoms with Crippen molar-refractivity contribution in [3.63, 3.8) is 0 Å². The largest absolute Gasteiger partial charge is 0.491 e. The van der Waals surface area contributed by atoms with Crippen LogP contribution in [0.2, 0.25) is 0 Å². The van der Waals surface area contributed by atoms with Gasteiger partial charge in [0, 0.05) is 0 Å². The van der Waals surface area contributed by atoms with Crippen LogP contribution in [0.1, 0.15) is 21.6 Å². The van der Waals surface area contributed by atoms with Crippen molar-refractivity contribution in [1.82, 2.24) is 15.0 Å². The summed E-state index contributed by atoms with van der Waals surface area (Å²) in [7, 11) is 0. The molecular weight excluding hydrogens is 230 g/mol. The second kappa shape index (κ2) is 5.44. The molecule has 2 aromatic rings. The van der Waals surface area contributed by atoms with Gasteiger partial charge in [0.15, 0.2) is 6.29 Å². The second-order valence-electron chi connectivity index (χ2n) is 4.14. The molecule has 0 aliphatic rings. The summed E-state index contributed by atoms with van der Waals surface area (Å²) in [6, 6.07) is 6.09. The van der Waals surface area contributed by atoms with Crippen LogP contribution in [0.25, 0.3) is 0 Å². The van der Waals surface area contributed by atoms with E-state index in [1.807, 2.05) is 26.0 Å². The monoisotopic (exact) mass is 245 g/mol. The van der Waals surface area contributed by atoms with Gasteiger partial charge in [-0.25, -0.2) is 4.68 Å². The highest BCUT2D eigenvalue weighted by atomic mass is 16.5. The summed E-state index contributed by atoms with van der Waals surface area (Å²) >= 11 is 0. The van der Waals surface area contributed by atoms with Gasteiger partial charge in [-0.05, 0) is 31.0 Å². The lowest BCUT2D eigenvalue weighted by Crippen LogP contribution is -2.09. The first kappa shape index (κ1) is 12.3. The number of carbonyl (C=O) groups is 1. The zero-order valence-corrected chi connectivity index (χ0v) is 10.5. The number of carbonyl (C=O) groups excluding carboxylic acids is 1. The first-order chi connectivity index (χ1) is 8.69. The van der Waals surface area contributed by atoms with Crippen molar-refractivity contribution >= 4 is 6.29 Å². The van der Waals surface area contributed by atoms with Crippen LogP contribution >= 0.6 is 0 Å². The summed E-state index contributed by atoms with van der Waals surface area (Å²) in [5.74, 6) is 0.880. The summed E-state index contributed by atoms with van der Waals surface area (Å²) < 4.78 is 7.28. The number of hydrogen-bond donors (Lipinski definition) is 0. The van der Waals surface area contributed by atoms with E-state index in [1.165, 1.54) is 5.56 Å². The van der Waals surface area contributed by atoms with E-state index in [0.29, 0.717) is 25.1 Å². The Morgan fingerprint density at radius 2 is 2.22 bits per heavy atom. The van der Waals surface area contributed by atoms with Gasteiger partial charge in [-0.2, -0.15) is 0 Å². The van der Waals surface area contributed by atoms with Crippen molar-refractivity contribution in [2.45, 2.75) is 20.4 Å². The molecule has 0 atom stereocenters. The molecule has 0 radical (unpaired) electrons. The molecule has 1 aromatic carbocycles. The number of benzene rings is 1. The molecule has 0 amide bonds. The molecule has 2 rings (SSSR count). The molecule has 0 spiro atoms. The molecule has 1 aromatic heterocycles. The minimum Gasteiger partial charge on any atom is -0.491 e. The number of aldehydes is 1. The summed E-state index contributed by atoms with van der Waals surface area (Å²) in [6.07, 6.45) is 2.27. The average Bonchev–Trinajstić information content (AvgIpc) is 2.81. The van der Waals surface area contributed by atoms with E-state index in [2.05, 4.69) is 16.4 Å². The Bertz CT molecular complexity index is 549. The van der Waals surface area contributed by atoms with Crippen molar-refractivity contribution in [2.75, 3.05) is 6.61 Å². The summed E-state index contributed by atoms with van der Waals surface area (Å²) in [4.78, 5) is 10.5. The molecule has 0 saturated carbocycles. The van der Waals surface area contributed by atoms with Crippen LogP contribution in [0, 0.1) is 13.8 Å². The number of rotatable bonds is 5. The minimum atomic E-state index is 0.335. The molecule has 1 heterocycles. The highest BCUT2D eigenvalue weighted by molar-refractivity contribution is 5.70. The Balaban J connectivity index is 1.91. The van der Waals surface area contributed by atoms with E-state index in [1.54, 1.807) is 10.9 Å². The van der Waals surface area contributed by atoms with Gasteiger partial charge in [0.1, 0.15) is 18.1 Å². The SMILES string of the molecule is Cc1ccc(C)c(OCCn2cc(C=O)nn2)c1. The zero-order chi connectivity index (χ0) is 13.0. The van der Waals surface area contributed by atoms with Crippen molar-refractivity contribution < 1.29 is 9.53 Å². The third-order valence-corrected chi connectivity index (χ3v) is 2.60. The Morgan fingerprint density at radius 1 is 1.39 bits per heavy atom. The maximum atomic E-state index is 10.5. The minimum absolute atomic E-state index is 0.335. The quantitative estimate of drug-likeness (QED) is 0.753. The smallest absolute Gasteiger partial charge is 0.171 e. The van der Waals surface area contributed by atoms with Crippen LogP contribution in [0.5, 0.6) is 5.75 Å². The van der Waals surface area contributed by atoms with E-state index in [4.69, 9.17) is 4.74 Å². The van der Waals surface area contributed by atoms with Gasteiger partial charge in [-0.3, -0.25) is 4.79 Å². The van der Waals surface area contributed by atoms with Gasteiger partial charge in [0.05, 0.1) is 12.7 Å². The molecule has 0 aliphatic heterocycles. The molecule has 5 heteroatoms. The van der Waals surface area contributed by atoms with E-state index < -0.39 is 0 Å². The number of hydrogen-bond acceptors (Lipinski definition) is 4. The molecular formula is C13H15N3O2. The molecule has 5 nitrogen and oxygen atoms in total. The van der Waals surface area contributed by atoms with Gasteiger partial charge in [0.2, 0.25) is 0 Å². The molecule has 0 unspecified atom stereocenters. The number of aromatic nitrogens is 3. The lowest BCUT2D eigenvalue weighted by molar-refractivity contribution is 0.111. The Hall–Kier alpha value is -2.17. The number of aryl methyl sites for hydroxylation is 2. The van der Waals surface area contributed by atoms with Gasteiger partial charge in [-0.1, -0.05) is 17.3 Å². The van der Waals surface area contributed by atoms with Crippen molar-refractivity contribution in [2.24, 2.45) is 0 Å². The van der Waals surface area contributed by atoms with E-state index in [-0.39, 0.29) is 0 Å². The van der Waals surface area contributed by atoms with Gasteiger partial charge < -0.3 is 4.74 Å². The maximum Gasteiger partial charge on any atom is 0.171 e. The summed E-state index contributed by atoms with van der Waals surface area (Å²) in [5, 5.41) is 7.49. The fourth-order valence-electron chi connectivity index (χ4n) is 1.59. The normalized spacial score (nSPS) is 10.3. The highest BCUT2D eigenvalue weighted by Gasteiger charge is 2.01. The molecule has 0 bridgehead atoms. The maximum absolute atomic E-state index is 10.5. The molecule has 94 valence electrons.